The Labute approximate surface area is 99.4 Å². The summed E-state index contributed by atoms with van der Waals surface area (Å²) in [5.41, 5.74) is 1.88. The second-order valence-electron chi connectivity index (χ2n) is 3.54. The lowest BCUT2D eigenvalue weighted by Crippen LogP contribution is -2.20. The lowest BCUT2D eigenvalue weighted by atomic mass is 10.2. The minimum absolute atomic E-state index is 0.122. The molecule has 1 heterocycles. The van der Waals surface area contributed by atoms with Gasteiger partial charge in [0.1, 0.15) is 0 Å². The van der Waals surface area contributed by atoms with Crippen molar-refractivity contribution in [3.05, 3.63) is 60.2 Å². The van der Waals surface area contributed by atoms with Crippen LogP contribution in [0.1, 0.15) is 11.3 Å². The molecular weight excluding hydrogens is 214 g/mol. The zero-order chi connectivity index (χ0) is 11.9. The highest BCUT2D eigenvalue weighted by Crippen LogP contribution is 2.00. The van der Waals surface area contributed by atoms with Crippen molar-refractivity contribution >= 4 is 12.0 Å². The highest BCUT2D eigenvalue weighted by molar-refractivity contribution is 5.91. The quantitative estimate of drug-likeness (QED) is 0.782. The number of nitrogens with one attached hydrogen (secondary N) is 2. The number of H-pyrrole nitrogens is 1. The molecule has 0 aliphatic rings. The predicted molar refractivity (Wildman–Crippen MR) is 65.9 cm³/mol. The molecule has 4 nitrogen and oxygen atoms in total. The summed E-state index contributed by atoms with van der Waals surface area (Å²) in [6.07, 6.45) is 6.57. The van der Waals surface area contributed by atoms with Gasteiger partial charge in [-0.25, -0.2) is 4.98 Å². The fraction of sp³-hybridized carbons (Fsp3) is 0.0769. The lowest BCUT2D eigenvalue weighted by molar-refractivity contribution is -0.116. The molecule has 0 spiro atoms. The Morgan fingerprint density at radius 2 is 2.18 bits per heavy atom. The highest BCUT2D eigenvalue weighted by Gasteiger charge is 1.96. The average Bonchev–Trinajstić information content (AvgIpc) is 2.88. The Morgan fingerprint density at radius 3 is 2.88 bits per heavy atom. The van der Waals surface area contributed by atoms with Gasteiger partial charge in [0, 0.05) is 12.3 Å². The zero-order valence-electron chi connectivity index (χ0n) is 9.26. The molecule has 0 aliphatic carbocycles. The van der Waals surface area contributed by atoms with E-state index in [2.05, 4.69) is 15.3 Å². The van der Waals surface area contributed by atoms with Crippen molar-refractivity contribution < 1.29 is 4.79 Å². The van der Waals surface area contributed by atoms with E-state index in [0.717, 1.165) is 11.3 Å². The van der Waals surface area contributed by atoms with Gasteiger partial charge in [0.2, 0.25) is 5.91 Å². The number of rotatable bonds is 4. The van der Waals surface area contributed by atoms with Gasteiger partial charge in [-0.15, -0.1) is 0 Å². The van der Waals surface area contributed by atoms with Crippen molar-refractivity contribution in [2.45, 2.75) is 6.54 Å². The summed E-state index contributed by atoms with van der Waals surface area (Å²) in [5, 5.41) is 2.76. The van der Waals surface area contributed by atoms with E-state index in [4.69, 9.17) is 0 Å². The maximum absolute atomic E-state index is 11.5. The monoisotopic (exact) mass is 227 g/mol. The molecule has 0 radical (unpaired) electrons. The normalized spacial score (nSPS) is 10.6. The Balaban J connectivity index is 1.83. The van der Waals surface area contributed by atoms with Gasteiger partial charge in [-0.3, -0.25) is 4.79 Å². The first-order valence-corrected chi connectivity index (χ1v) is 5.33. The number of amides is 1. The van der Waals surface area contributed by atoms with Gasteiger partial charge in [0.05, 0.1) is 18.6 Å². The summed E-state index contributed by atoms with van der Waals surface area (Å²) in [4.78, 5) is 18.3. The molecule has 4 heteroatoms. The van der Waals surface area contributed by atoms with Crippen LogP contribution in [0.5, 0.6) is 0 Å². The number of hydrogen-bond donors (Lipinski definition) is 2. The summed E-state index contributed by atoms with van der Waals surface area (Å²) in [7, 11) is 0. The number of aromatic amines is 1. The Bertz CT molecular complexity index is 489. The molecule has 0 saturated heterocycles. The van der Waals surface area contributed by atoms with Gasteiger partial charge < -0.3 is 10.3 Å². The van der Waals surface area contributed by atoms with Crippen molar-refractivity contribution in [2.24, 2.45) is 0 Å². The van der Waals surface area contributed by atoms with E-state index in [0.29, 0.717) is 6.54 Å². The van der Waals surface area contributed by atoms with Gasteiger partial charge in [0.25, 0.3) is 0 Å². The van der Waals surface area contributed by atoms with Crippen LogP contribution < -0.4 is 5.32 Å². The summed E-state index contributed by atoms with van der Waals surface area (Å²) >= 11 is 0. The average molecular weight is 227 g/mol. The molecular formula is C13H13N3O. The second-order valence-corrected chi connectivity index (χ2v) is 3.54. The van der Waals surface area contributed by atoms with E-state index in [1.807, 2.05) is 30.3 Å². The summed E-state index contributed by atoms with van der Waals surface area (Å²) in [6.45, 7) is 0.456. The van der Waals surface area contributed by atoms with Crippen molar-refractivity contribution in [1.82, 2.24) is 15.3 Å². The molecule has 2 N–H and O–H groups in total. The number of benzene rings is 1. The summed E-state index contributed by atoms with van der Waals surface area (Å²) in [5.74, 6) is -0.122. The summed E-state index contributed by atoms with van der Waals surface area (Å²) in [6, 6.07) is 9.69. The van der Waals surface area contributed by atoms with E-state index in [1.54, 1.807) is 18.6 Å². The fourth-order valence-electron chi connectivity index (χ4n) is 1.36. The molecule has 0 aliphatic heterocycles. The Hall–Kier alpha value is -2.36. The highest BCUT2D eigenvalue weighted by atomic mass is 16.1. The van der Waals surface area contributed by atoms with Crippen LogP contribution in [0.4, 0.5) is 0 Å². The van der Waals surface area contributed by atoms with Crippen LogP contribution in [0.15, 0.2) is 48.9 Å². The molecule has 1 aromatic heterocycles. The standard InChI is InChI=1S/C13H13N3O/c17-13(15-9-12-8-14-10-16-12)7-6-11-4-2-1-3-5-11/h1-8,10H,9H2,(H,14,16)(H,15,17). The van der Waals surface area contributed by atoms with Gasteiger partial charge in [-0.1, -0.05) is 30.3 Å². The SMILES string of the molecule is O=C(C=Cc1ccccc1)NCc1cnc[nH]1. The predicted octanol–water partition coefficient (Wildman–Crippen LogP) is 1.74. The fourth-order valence-corrected chi connectivity index (χ4v) is 1.36. The number of nitrogens with zero attached hydrogens (tertiary/aromatic N) is 1. The molecule has 2 aromatic rings. The molecule has 1 amide bonds. The van der Waals surface area contributed by atoms with Gasteiger partial charge in [-0.05, 0) is 11.6 Å². The molecule has 2 rings (SSSR count). The van der Waals surface area contributed by atoms with Crippen LogP contribution in [-0.4, -0.2) is 15.9 Å². The van der Waals surface area contributed by atoms with E-state index in [-0.39, 0.29) is 5.91 Å². The lowest BCUT2D eigenvalue weighted by Gasteiger charge is -1.98. The second kappa shape index (κ2) is 5.65. The van der Waals surface area contributed by atoms with Crippen LogP contribution in [0.25, 0.3) is 6.08 Å². The first kappa shape index (κ1) is 11.1. The third kappa shape index (κ3) is 3.61. The van der Waals surface area contributed by atoms with Crippen molar-refractivity contribution in [1.29, 1.82) is 0 Å². The smallest absolute Gasteiger partial charge is 0.244 e. The maximum atomic E-state index is 11.5. The molecule has 0 saturated carbocycles. The topological polar surface area (TPSA) is 57.8 Å². The van der Waals surface area contributed by atoms with Crippen LogP contribution in [0.2, 0.25) is 0 Å². The molecule has 0 bridgehead atoms. The van der Waals surface area contributed by atoms with E-state index in [1.165, 1.54) is 6.08 Å². The van der Waals surface area contributed by atoms with E-state index < -0.39 is 0 Å². The van der Waals surface area contributed by atoms with Crippen molar-refractivity contribution in [3.8, 4) is 0 Å². The Morgan fingerprint density at radius 1 is 1.35 bits per heavy atom. The number of carbonyl (C=O) groups is 1. The molecule has 0 fully saturated rings. The Kier molecular flexibility index (Phi) is 3.70. The number of hydrogen-bond acceptors (Lipinski definition) is 2. The third-order valence-electron chi connectivity index (χ3n) is 2.23. The van der Waals surface area contributed by atoms with Crippen LogP contribution in [-0.2, 0) is 11.3 Å². The number of carbonyl (C=O) groups excluding carboxylic acids is 1. The van der Waals surface area contributed by atoms with Gasteiger partial charge in [0.15, 0.2) is 0 Å². The van der Waals surface area contributed by atoms with Crippen LogP contribution in [0, 0.1) is 0 Å². The van der Waals surface area contributed by atoms with Gasteiger partial charge >= 0.3 is 0 Å². The number of aromatic nitrogens is 2. The van der Waals surface area contributed by atoms with E-state index >= 15 is 0 Å². The first-order chi connectivity index (χ1) is 8.34. The molecule has 0 unspecified atom stereocenters. The van der Waals surface area contributed by atoms with Gasteiger partial charge in [-0.2, -0.15) is 0 Å². The minimum atomic E-state index is -0.122. The molecule has 86 valence electrons. The maximum Gasteiger partial charge on any atom is 0.244 e. The third-order valence-corrected chi connectivity index (χ3v) is 2.23. The van der Waals surface area contributed by atoms with Crippen LogP contribution >= 0.6 is 0 Å². The molecule has 17 heavy (non-hydrogen) atoms. The largest absolute Gasteiger partial charge is 0.347 e. The van der Waals surface area contributed by atoms with E-state index in [9.17, 15) is 4.79 Å². The zero-order valence-corrected chi connectivity index (χ0v) is 9.26. The first-order valence-electron chi connectivity index (χ1n) is 5.33. The van der Waals surface area contributed by atoms with Crippen LogP contribution in [0.3, 0.4) is 0 Å². The molecule has 0 atom stereocenters. The number of imidazole rings is 1. The molecule has 1 aromatic carbocycles. The minimum Gasteiger partial charge on any atom is -0.347 e. The summed E-state index contributed by atoms with van der Waals surface area (Å²) < 4.78 is 0. The van der Waals surface area contributed by atoms with Crippen molar-refractivity contribution in [2.75, 3.05) is 0 Å². The van der Waals surface area contributed by atoms with Crippen molar-refractivity contribution in [3.63, 3.8) is 0 Å².